The number of methoxy groups -OCH3 is 2. The van der Waals surface area contributed by atoms with Crippen molar-refractivity contribution in [1.29, 1.82) is 0 Å². The summed E-state index contributed by atoms with van der Waals surface area (Å²) in [7, 11) is 3.00. The van der Waals surface area contributed by atoms with E-state index in [4.69, 9.17) is 14.5 Å². The van der Waals surface area contributed by atoms with E-state index in [1.54, 1.807) is 42.0 Å². The smallest absolute Gasteiger partial charge is 0.356 e. The summed E-state index contributed by atoms with van der Waals surface area (Å²) < 4.78 is 10.8. The second-order valence-electron chi connectivity index (χ2n) is 8.80. The molecule has 3 N–H and O–H groups in total. The van der Waals surface area contributed by atoms with Crippen molar-refractivity contribution in [2.75, 3.05) is 45.8 Å². The third-order valence-corrected chi connectivity index (χ3v) is 8.47. The Morgan fingerprint density at radius 2 is 1.97 bits per heavy atom. The number of anilines is 1. The van der Waals surface area contributed by atoms with Crippen LogP contribution < -0.4 is 16.0 Å². The van der Waals surface area contributed by atoms with E-state index in [1.807, 2.05) is 18.2 Å². The molecule has 1 aromatic carbocycles. The Balaban J connectivity index is 1.41. The molecule has 5 rings (SSSR count). The predicted octanol–water partition coefficient (Wildman–Crippen LogP) is 4.08. The van der Waals surface area contributed by atoms with Crippen molar-refractivity contribution in [3.8, 4) is 21.7 Å². The Morgan fingerprint density at radius 3 is 2.76 bits per heavy atom. The fraction of sp³-hybridized carbons (Fsp3) is 0.333. The summed E-state index contributed by atoms with van der Waals surface area (Å²) in [6.07, 6.45) is 2.96. The second kappa shape index (κ2) is 12.1. The maximum Gasteiger partial charge on any atom is 0.356 e. The molecule has 0 atom stereocenters. The molecule has 0 spiro atoms. The molecule has 11 heteroatoms. The number of thiazole rings is 1. The number of fused-ring (bicyclic) bond motifs is 2. The molecule has 1 aliphatic rings. The summed E-state index contributed by atoms with van der Waals surface area (Å²) in [5, 5.41) is 11.6. The Labute approximate surface area is 228 Å². The Bertz CT molecular complexity index is 1450. The van der Waals surface area contributed by atoms with Gasteiger partial charge in [0.25, 0.3) is 0 Å². The number of hydrogen-bond acceptors (Lipinski definition) is 10. The first-order valence-corrected chi connectivity index (χ1v) is 14.0. The number of ether oxygens (including phenoxy) is 2. The Kier molecular flexibility index (Phi) is 8.40. The van der Waals surface area contributed by atoms with Gasteiger partial charge in [0.2, 0.25) is 5.91 Å². The number of esters is 1. The third kappa shape index (κ3) is 5.77. The van der Waals surface area contributed by atoms with Gasteiger partial charge in [0.05, 0.1) is 23.9 Å². The van der Waals surface area contributed by atoms with E-state index in [-0.39, 0.29) is 11.6 Å². The highest BCUT2D eigenvalue weighted by molar-refractivity contribution is 7.23. The van der Waals surface area contributed by atoms with Crippen molar-refractivity contribution in [3.05, 3.63) is 52.7 Å². The molecular weight excluding hydrogens is 522 g/mol. The standard InChI is InChI=1S/C27H29N5O4S2/c1-35-12-11-28-10-8-23(33)32-26-24(18-7-9-29-15-22(18)38-26)25-31-19-5-3-16(13-21(19)37-25)17-4-6-20(30-14-17)27(34)36-2/h3-6,13-14,28-29H,7-12,15H2,1-2H3,(H,32,33). The lowest BCUT2D eigenvalue weighted by atomic mass is 10.0. The van der Waals surface area contributed by atoms with Gasteiger partial charge >= 0.3 is 5.97 Å². The van der Waals surface area contributed by atoms with Crippen molar-refractivity contribution < 1.29 is 19.1 Å². The van der Waals surface area contributed by atoms with Crippen LogP contribution in [0.15, 0.2) is 36.5 Å². The fourth-order valence-electron chi connectivity index (χ4n) is 4.34. The van der Waals surface area contributed by atoms with Gasteiger partial charge in [0, 0.05) is 55.4 Å². The fourth-order valence-corrected chi connectivity index (χ4v) is 6.72. The van der Waals surface area contributed by atoms with Gasteiger partial charge in [-0.2, -0.15) is 0 Å². The molecule has 0 radical (unpaired) electrons. The number of aromatic nitrogens is 2. The van der Waals surface area contributed by atoms with Gasteiger partial charge in [-0.25, -0.2) is 14.8 Å². The van der Waals surface area contributed by atoms with Crippen LogP contribution in [0.3, 0.4) is 0 Å². The number of thiophene rings is 1. The minimum absolute atomic E-state index is 0.0194. The van der Waals surface area contributed by atoms with Crippen LogP contribution in [0.4, 0.5) is 5.00 Å². The summed E-state index contributed by atoms with van der Waals surface area (Å²) in [5.41, 5.74) is 5.38. The second-order valence-corrected chi connectivity index (χ2v) is 10.9. The number of hydrogen-bond donors (Lipinski definition) is 3. The van der Waals surface area contributed by atoms with E-state index in [1.165, 1.54) is 17.6 Å². The minimum atomic E-state index is -0.460. The first-order chi connectivity index (χ1) is 18.6. The highest BCUT2D eigenvalue weighted by Crippen LogP contribution is 2.45. The zero-order valence-corrected chi connectivity index (χ0v) is 22.9. The zero-order chi connectivity index (χ0) is 26.5. The van der Waals surface area contributed by atoms with Gasteiger partial charge < -0.3 is 25.4 Å². The molecule has 0 saturated carbocycles. The third-order valence-electron chi connectivity index (χ3n) is 6.29. The molecule has 4 aromatic rings. The van der Waals surface area contributed by atoms with E-state index in [9.17, 15) is 9.59 Å². The summed E-state index contributed by atoms with van der Waals surface area (Å²) in [6.45, 7) is 3.62. The average molecular weight is 552 g/mol. The van der Waals surface area contributed by atoms with Crippen LogP contribution in [0.25, 0.3) is 31.9 Å². The van der Waals surface area contributed by atoms with Crippen molar-refractivity contribution in [2.45, 2.75) is 19.4 Å². The van der Waals surface area contributed by atoms with Crippen molar-refractivity contribution >= 4 is 49.8 Å². The molecule has 1 amide bonds. The van der Waals surface area contributed by atoms with Gasteiger partial charge in [-0.3, -0.25) is 4.79 Å². The van der Waals surface area contributed by atoms with Crippen LogP contribution in [-0.2, 0) is 27.2 Å². The molecule has 0 fully saturated rings. The van der Waals surface area contributed by atoms with Crippen LogP contribution in [0.2, 0.25) is 0 Å². The van der Waals surface area contributed by atoms with Crippen LogP contribution in [0.1, 0.15) is 27.3 Å². The van der Waals surface area contributed by atoms with Gasteiger partial charge in [0.15, 0.2) is 0 Å². The molecular formula is C27H29N5O4S2. The summed E-state index contributed by atoms with van der Waals surface area (Å²) in [4.78, 5) is 34.9. The Hall–Kier alpha value is -3.22. The van der Waals surface area contributed by atoms with Gasteiger partial charge in [0.1, 0.15) is 15.7 Å². The quantitative estimate of drug-likeness (QED) is 0.200. The lowest BCUT2D eigenvalue weighted by molar-refractivity contribution is -0.116. The van der Waals surface area contributed by atoms with Crippen LogP contribution in [0, 0.1) is 0 Å². The number of nitrogens with zero attached hydrogens (tertiary/aromatic N) is 2. The van der Waals surface area contributed by atoms with Gasteiger partial charge in [-0.05, 0) is 42.3 Å². The van der Waals surface area contributed by atoms with E-state index in [0.717, 1.165) is 56.4 Å². The van der Waals surface area contributed by atoms with Gasteiger partial charge in [-0.15, -0.1) is 22.7 Å². The van der Waals surface area contributed by atoms with Crippen molar-refractivity contribution in [3.63, 3.8) is 0 Å². The number of carbonyl (C=O) groups is 2. The molecule has 0 saturated heterocycles. The molecule has 1 aliphatic heterocycles. The summed E-state index contributed by atoms with van der Waals surface area (Å²) >= 11 is 3.25. The van der Waals surface area contributed by atoms with E-state index >= 15 is 0 Å². The maximum absolute atomic E-state index is 12.8. The van der Waals surface area contributed by atoms with E-state index in [0.29, 0.717) is 26.1 Å². The molecule has 38 heavy (non-hydrogen) atoms. The van der Waals surface area contributed by atoms with Crippen molar-refractivity contribution in [1.82, 2.24) is 20.6 Å². The Morgan fingerprint density at radius 1 is 1.11 bits per heavy atom. The van der Waals surface area contributed by atoms with Crippen molar-refractivity contribution in [2.24, 2.45) is 0 Å². The number of nitrogens with one attached hydrogen (secondary N) is 3. The number of pyridine rings is 1. The monoisotopic (exact) mass is 551 g/mol. The molecule has 198 valence electrons. The number of carbonyl (C=O) groups excluding carboxylic acids is 2. The van der Waals surface area contributed by atoms with Crippen LogP contribution in [0.5, 0.6) is 0 Å². The lowest BCUT2D eigenvalue weighted by Crippen LogP contribution is -2.24. The van der Waals surface area contributed by atoms with Gasteiger partial charge in [-0.1, -0.05) is 12.1 Å². The number of benzene rings is 1. The molecule has 0 unspecified atom stereocenters. The highest BCUT2D eigenvalue weighted by atomic mass is 32.1. The highest BCUT2D eigenvalue weighted by Gasteiger charge is 2.25. The minimum Gasteiger partial charge on any atom is -0.464 e. The first-order valence-electron chi connectivity index (χ1n) is 12.4. The van der Waals surface area contributed by atoms with E-state index in [2.05, 4.69) is 27.0 Å². The molecule has 3 aromatic heterocycles. The zero-order valence-electron chi connectivity index (χ0n) is 21.3. The number of amides is 1. The molecule has 0 bridgehead atoms. The summed E-state index contributed by atoms with van der Waals surface area (Å²) in [5.74, 6) is -0.479. The predicted molar refractivity (Wildman–Crippen MR) is 151 cm³/mol. The topological polar surface area (TPSA) is 114 Å². The lowest BCUT2D eigenvalue weighted by Gasteiger charge is -2.13. The normalized spacial score (nSPS) is 12.9. The SMILES string of the molecule is COCCNCCC(=O)Nc1sc2c(c1-c1nc3ccc(-c4ccc(C(=O)OC)nc4)cc3s1)CCNC2. The number of rotatable bonds is 10. The maximum atomic E-state index is 12.8. The first kappa shape index (κ1) is 26.4. The van der Waals surface area contributed by atoms with Crippen LogP contribution in [-0.4, -0.2) is 62.3 Å². The molecule has 9 nitrogen and oxygen atoms in total. The van der Waals surface area contributed by atoms with E-state index < -0.39 is 5.97 Å². The summed E-state index contributed by atoms with van der Waals surface area (Å²) in [6, 6.07) is 9.63. The average Bonchev–Trinajstić information content (AvgIpc) is 3.52. The largest absolute Gasteiger partial charge is 0.464 e. The molecule has 0 aliphatic carbocycles. The molecule has 4 heterocycles. The van der Waals surface area contributed by atoms with Crippen LogP contribution >= 0.6 is 22.7 Å².